The Balaban J connectivity index is 1.56. The molecule has 2 heteroatoms. The molecular weight excluding hydrogens is 280 g/mol. The molecule has 1 aliphatic rings. The molecule has 1 aliphatic heterocycles. The van der Waals surface area contributed by atoms with Crippen LogP contribution in [0.3, 0.4) is 0 Å². The number of hydrogen-bond acceptors (Lipinski definition) is 2. The van der Waals surface area contributed by atoms with Gasteiger partial charge in [-0.3, -0.25) is 0 Å². The molecule has 0 aromatic heterocycles. The predicted molar refractivity (Wildman–Crippen MR) is 91.0 cm³/mol. The summed E-state index contributed by atoms with van der Waals surface area (Å²) >= 11 is 4.03. The van der Waals surface area contributed by atoms with E-state index in [1.807, 2.05) is 23.5 Å². The summed E-state index contributed by atoms with van der Waals surface area (Å²) in [6, 6.07) is 17.9. The van der Waals surface area contributed by atoms with Gasteiger partial charge in [0, 0.05) is 20.8 Å². The standard InChI is InChI=1S/C18H20S2/c1-13(2)14-7-9-16(10-8-14)19-12-17-11-15-5-3-4-6-18(15)20-17/h3-10,13,17H,11-12H2,1-2H3. The molecule has 1 unspecified atom stereocenters. The average Bonchev–Trinajstić information content (AvgIpc) is 2.88. The van der Waals surface area contributed by atoms with Crippen LogP contribution < -0.4 is 0 Å². The van der Waals surface area contributed by atoms with E-state index in [0.29, 0.717) is 5.92 Å². The lowest BCUT2D eigenvalue weighted by atomic mass is 10.0. The van der Waals surface area contributed by atoms with Crippen molar-refractivity contribution >= 4 is 23.5 Å². The summed E-state index contributed by atoms with van der Waals surface area (Å²) in [4.78, 5) is 2.87. The van der Waals surface area contributed by atoms with E-state index in [9.17, 15) is 0 Å². The third-order valence-electron chi connectivity index (χ3n) is 3.70. The van der Waals surface area contributed by atoms with Crippen molar-refractivity contribution in [2.24, 2.45) is 0 Å². The Morgan fingerprint density at radius 3 is 2.55 bits per heavy atom. The lowest BCUT2D eigenvalue weighted by Crippen LogP contribution is -2.03. The van der Waals surface area contributed by atoms with Gasteiger partial charge in [-0.05, 0) is 41.7 Å². The summed E-state index contributed by atoms with van der Waals surface area (Å²) in [5.41, 5.74) is 2.95. The Kier molecular flexibility index (Phi) is 4.42. The molecular formula is C18H20S2. The smallest absolute Gasteiger partial charge is 0.0229 e. The Hall–Kier alpha value is -0.860. The van der Waals surface area contributed by atoms with Gasteiger partial charge in [-0.2, -0.15) is 0 Å². The van der Waals surface area contributed by atoms with E-state index < -0.39 is 0 Å². The van der Waals surface area contributed by atoms with Crippen LogP contribution in [0.25, 0.3) is 0 Å². The van der Waals surface area contributed by atoms with Crippen LogP contribution in [-0.2, 0) is 6.42 Å². The van der Waals surface area contributed by atoms with Crippen LogP contribution in [0.4, 0.5) is 0 Å². The summed E-state index contributed by atoms with van der Waals surface area (Å²) in [7, 11) is 0. The molecule has 3 rings (SSSR count). The van der Waals surface area contributed by atoms with Gasteiger partial charge in [0.1, 0.15) is 0 Å². The number of benzene rings is 2. The maximum Gasteiger partial charge on any atom is 0.0229 e. The van der Waals surface area contributed by atoms with Crippen molar-refractivity contribution in [1.82, 2.24) is 0 Å². The lowest BCUT2D eigenvalue weighted by Gasteiger charge is -2.09. The largest absolute Gasteiger partial charge is 0.125 e. The third-order valence-corrected chi connectivity index (χ3v) is 6.40. The minimum atomic E-state index is 0.619. The zero-order valence-electron chi connectivity index (χ0n) is 12.0. The van der Waals surface area contributed by atoms with Crippen LogP contribution in [0, 0.1) is 0 Å². The second-order valence-corrected chi connectivity index (χ2v) is 8.02. The van der Waals surface area contributed by atoms with Crippen LogP contribution in [0.5, 0.6) is 0 Å². The maximum absolute atomic E-state index is 2.27. The van der Waals surface area contributed by atoms with E-state index >= 15 is 0 Å². The van der Waals surface area contributed by atoms with Crippen LogP contribution in [0.1, 0.15) is 30.9 Å². The van der Waals surface area contributed by atoms with Gasteiger partial charge in [0.2, 0.25) is 0 Å². The number of fused-ring (bicyclic) bond motifs is 1. The van der Waals surface area contributed by atoms with Crippen LogP contribution in [-0.4, -0.2) is 11.0 Å². The van der Waals surface area contributed by atoms with Crippen LogP contribution in [0.15, 0.2) is 58.3 Å². The van der Waals surface area contributed by atoms with Gasteiger partial charge < -0.3 is 0 Å². The molecule has 0 nitrogen and oxygen atoms in total. The average molecular weight is 300 g/mol. The van der Waals surface area contributed by atoms with E-state index in [4.69, 9.17) is 0 Å². The van der Waals surface area contributed by atoms with Gasteiger partial charge in [0.25, 0.3) is 0 Å². The maximum atomic E-state index is 2.27. The van der Waals surface area contributed by atoms with Gasteiger partial charge >= 0.3 is 0 Å². The number of hydrogen-bond donors (Lipinski definition) is 0. The Morgan fingerprint density at radius 1 is 1.10 bits per heavy atom. The summed E-state index contributed by atoms with van der Waals surface area (Å²) in [5, 5.41) is 0.724. The second kappa shape index (κ2) is 6.28. The molecule has 104 valence electrons. The van der Waals surface area contributed by atoms with Crippen LogP contribution >= 0.6 is 23.5 Å². The fraction of sp³-hybridized carbons (Fsp3) is 0.333. The van der Waals surface area contributed by atoms with Gasteiger partial charge in [-0.15, -0.1) is 23.5 Å². The van der Waals surface area contributed by atoms with Crippen molar-refractivity contribution in [3.8, 4) is 0 Å². The first kappa shape index (κ1) is 14.1. The molecule has 1 heterocycles. The quantitative estimate of drug-likeness (QED) is 0.672. The minimum Gasteiger partial charge on any atom is -0.125 e. The highest BCUT2D eigenvalue weighted by molar-refractivity contribution is 8.03. The number of thioether (sulfide) groups is 2. The molecule has 1 atom stereocenters. The molecule has 0 spiro atoms. The van der Waals surface area contributed by atoms with Crippen molar-refractivity contribution in [3.05, 3.63) is 59.7 Å². The molecule has 2 aromatic rings. The summed E-state index contributed by atoms with van der Waals surface area (Å²) in [6.45, 7) is 4.49. The van der Waals surface area contributed by atoms with Gasteiger partial charge in [-0.1, -0.05) is 44.2 Å². The summed E-state index contributed by atoms with van der Waals surface area (Å²) in [6.07, 6.45) is 1.22. The molecule has 20 heavy (non-hydrogen) atoms. The SMILES string of the molecule is CC(C)c1ccc(SCC2Cc3ccccc3S2)cc1. The molecule has 0 fully saturated rings. The van der Waals surface area contributed by atoms with Gasteiger partial charge in [-0.25, -0.2) is 0 Å². The number of rotatable bonds is 4. The lowest BCUT2D eigenvalue weighted by molar-refractivity contribution is 0.865. The Bertz CT molecular complexity index is 547. The second-order valence-electron chi connectivity index (χ2n) is 5.59. The minimum absolute atomic E-state index is 0.619. The molecule has 0 amide bonds. The molecule has 0 saturated carbocycles. The van der Waals surface area contributed by atoms with E-state index in [-0.39, 0.29) is 0 Å². The fourth-order valence-corrected chi connectivity index (χ4v) is 4.87. The molecule has 0 N–H and O–H groups in total. The third kappa shape index (κ3) is 3.24. The fourth-order valence-electron chi connectivity index (χ4n) is 2.49. The molecule has 2 aromatic carbocycles. The van der Waals surface area contributed by atoms with E-state index in [1.54, 1.807) is 0 Å². The molecule has 0 aliphatic carbocycles. The van der Waals surface area contributed by atoms with Crippen molar-refractivity contribution in [3.63, 3.8) is 0 Å². The monoisotopic (exact) mass is 300 g/mol. The van der Waals surface area contributed by atoms with Gasteiger partial charge in [0.05, 0.1) is 0 Å². The Morgan fingerprint density at radius 2 is 1.85 bits per heavy atom. The topological polar surface area (TPSA) is 0 Å². The molecule has 0 bridgehead atoms. The normalized spacial score (nSPS) is 17.4. The zero-order chi connectivity index (χ0) is 13.9. The van der Waals surface area contributed by atoms with Crippen molar-refractivity contribution in [2.45, 2.75) is 41.2 Å². The van der Waals surface area contributed by atoms with E-state index in [1.165, 1.54) is 33.1 Å². The van der Waals surface area contributed by atoms with Gasteiger partial charge in [0.15, 0.2) is 0 Å². The highest BCUT2D eigenvalue weighted by Crippen LogP contribution is 2.39. The van der Waals surface area contributed by atoms with E-state index in [0.717, 1.165) is 5.25 Å². The summed E-state index contributed by atoms with van der Waals surface area (Å²) < 4.78 is 0. The van der Waals surface area contributed by atoms with Crippen molar-refractivity contribution < 1.29 is 0 Å². The van der Waals surface area contributed by atoms with Crippen molar-refractivity contribution in [2.75, 3.05) is 5.75 Å². The van der Waals surface area contributed by atoms with Crippen molar-refractivity contribution in [1.29, 1.82) is 0 Å². The first-order valence-corrected chi connectivity index (χ1v) is 9.06. The highest BCUT2D eigenvalue weighted by atomic mass is 32.2. The first-order chi connectivity index (χ1) is 9.72. The molecule has 0 saturated heterocycles. The predicted octanol–water partition coefficient (Wildman–Crippen LogP) is 5.62. The summed E-state index contributed by atoms with van der Waals surface area (Å²) in [5.74, 6) is 1.81. The molecule has 0 radical (unpaired) electrons. The first-order valence-electron chi connectivity index (χ1n) is 7.19. The zero-order valence-corrected chi connectivity index (χ0v) is 13.6. The van der Waals surface area contributed by atoms with Crippen LogP contribution in [0.2, 0.25) is 0 Å². The Labute approximate surface area is 130 Å². The van der Waals surface area contributed by atoms with E-state index in [2.05, 4.69) is 62.4 Å². The highest BCUT2D eigenvalue weighted by Gasteiger charge is 2.21.